The zero-order valence-corrected chi connectivity index (χ0v) is 20.1. The van der Waals surface area contributed by atoms with Crippen LogP contribution in [0.15, 0.2) is 18.2 Å². The maximum absolute atomic E-state index is 14.7. The zero-order chi connectivity index (χ0) is 25.7. The number of benzene rings is 1. The number of aromatic amines is 1. The van der Waals surface area contributed by atoms with E-state index in [2.05, 4.69) is 20.3 Å². The van der Waals surface area contributed by atoms with E-state index < -0.39 is 42.2 Å². The third-order valence-electron chi connectivity index (χ3n) is 6.73. The SMILES string of the molecule is O=C1NCCC1Oc1cc(F)c(CCc2nc3nc(O[C@@H]4CO[C@H]5[C@@H]4OC[C@H]5O)[nH]c3cc2Cl)c(F)c1. The van der Waals surface area contributed by atoms with Crippen molar-refractivity contribution in [2.24, 2.45) is 0 Å². The van der Waals surface area contributed by atoms with Gasteiger partial charge in [0.15, 0.2) is 17.9 Å². The molecule has 1 unspecified atom stereocenters. The quantitative estimate of drug-likeness (QED) is 0.417. The number of aromatic nitrogens is 3. The number of imidazole rings is 1. The molecule has 0 bridgehead atoms. The molecule has 196 valence electrons. The highest BCUT2D eigenvalue weighted by atomic mass is 35.5. The minimum absolute atomic E-state index is 0.00395. The van der Waals surface area contributed by atoms with Crippen molar-refractivity contribution in [1.29, 1.82) is 0 Å². The van der Waals surface area contributed by atoms with E-state index in [1.165, 1.54) is 0 Å². The van der Waals surface area contributed by atoms with Crippen LogP contribution in [0.25, 0.3) is 11.2 Å². The normalized spacial score (nSPS) is 27.0. The van der Waals surface area contributed by atoms with Crippen LogP contribution in [-0.2, 0) is 27.1 Å². The van der Waals surface area contributed by atoms with Crippen LogP contribution < -0.4 is 14.8 Å². The summed E-state index contributed by atoms with van der Waals surface area (Å²) in [5, 5.41) is 12.8. The number of fused-ring (bicyclic) bond motifs is 2. The van der Waals surface area contributed by atoms with Gasteiger partial charge in [0.2, 0.25) is 0 Å². The van der Waals surface area contributed by atoms with Gasteiger partial charge in [-0.2, -0.15) is 4.98 Å². The second-order valence-corrected chi connectivity index (χ2v) is 9.61. The predicted molar refractivity (Wildman–Crippen MR) is 125 cm³/mol. The molecule has 3 fully saturated rings. The van der Waals surface area contributed by atoms with Gasteiger partial charge in [-0.25, -0.2) is 13.8 Å². The number of hydrogen-bond donors (Lipinski definition) is 3. The van der Waals surface area contributed by atoms with Gasteiger partial charge in [0, 0.05) is 30.7 Å². The van der Waals surface area contributed by atoms with Crippen molar-refractivity contribution in [1.82, 2.24) is 20.3 Å². The predicted octanol–water partition coefficient (Wildman–Crippen LogP) is 1.85. The third-order valence-corrected chi connectivity index (χ3v) is 7.05. The van der Waals surface area contributed by atoms with E-state index in [9.17, 15) is 18.7 Å². The highest BCUT2D eigenvalue weighted by Crippen LogP contribution is 2.31. The first-order valence-corrected chi connectivity index (χ1v) is 12.3. The molecule has 0 spiro atoms. The first-order chi connectivity index (χ1) is 17.9. The van der Waals surface area contributed by atoms with Gasteiger partial charge in [0.1, 0.15) is 35.7 Å². The lowest BCUT2D eigenvalue weighted by atomic mass is 10.1. The van der Waals surface area contributed by atoms with Crippen molar-refractivity contribution < 1.29 is 37.6 Å². The van der Waals surface area contributed by atoms with E-state index >= 15 is 0 Å². The van der Waals surface area contributed by atoms with E-state index in [4.69, 9.17) is 30.5 Å². The van der Waals surface area contributed by atoms with Crippen LogP contribution in [0.5, 0.6) is 11.8 Å². The van der Waals surface area contributed by atoms with E-state index in [1.54, 1.807) is 6.07 Å². The van der Waals surface area contributed by atoms with Crippen molar-refractivity contribution in [3.8, 4) is 11.8 Å². The Morgan fingerprint density at radius 2 is 1.86 bits per heavy atom. The Kier molecular flexibility index (Phi) is 6.35. The summed E-state index contributed by atoms with van der Waals surface area (Å²) < 4.78 is 51.9. The number of H-pyrrole nitrogens is 1. The first kappa shape index (κ1) is 24.3. The van der Waals surface area contributed by atoms with Gasteiger partial charge in [-0.3, -0.25) is 4.79 Å². The Bertz CT molecular complexity index is 1330. The number of aryl methyl sites for hydroxylation is 1. The van der Waals surface area contributed by atoms with Gasteiger partial charge in [0.05, 0.1) is 29.4 Å². The highest BCUT2D eigenvalue weighted by molar-refractivity contribution is 6.31. The van der Waals surface area contributed by atoms with Crippen LogP contribution in [0, 0.1) is 11.6 Å². The molecule has 3 aliphatic rings. The molecule has 3 N–H and O–H groups in total. The van der Waals surface area contributed by atoms with Crippen LogP contribution in [0.4, 0.5) is 8.78 Å². The molecule has 0 aliphatic carbocycles. The van der Waals surface area contributed by atoms with E-state index in [1.807, 2.05) is 0 Å². The number of aliphatic hydroxyl groups is 1. The summed E-state index contributed by atoms with van der Waals surface area (Å²) in [6.45, 7) is 0.894. The number of carbonyl (C=O) groups excluding carboxylic acids is 1. The van der Waals surface area contributed by atoms with Crippen molar-refractivity contribution in [2.75, 3.05) is 19.8 Å². The highest BCUT2D eigenvalue weighted by Gasteiger charge is 2.48. The topological polar surface area (TPSA) is 128 Å². The average molecular weight is 537 g/mol. The monoisotopic (exact) mass is 536 g/mol. The number of amides is 1. The minimum atomic E-state index is -0.780. The fraction of sp³-hybridized carbons (Fsp3) is 0.458. The lowest BCUT2D eigenvalue weighted by Crippen LogP contribution is -2.34. The van der Waals surface area contributed by atoms with Crippen molar-refractivity contribution in [3.05, 3.63) is 46.1 Å². The molecule has 2 aromatic heterocycles. The number of nitrogens with one attached hydrogen (secondary N) is 2. The molecule has 0 radical (unpaired) electrons. The maximum Gasteiger partial charge on any atom is 0.296 e. The third kappa shape index (κ3) is 4.70. The van der Waals surface area contributed by atoms with Gasteiger partial charge in [0.25, 0.3) is 11.9 Å². The minimum Gasteiger partial charge on any atom is -0.480 e. The Morgan fingerprint density at radius 3 is 2.62 bits per heavy atom. The van der Waals surface area contributed by atoms with Gasteiger partial charge in [-0.15, -0.1) is 0 Å². The van der Waals surface area contributed by atoms with Gasteiger partial charge in [-0.05, 0) is 18.9 Å². The summed E-state index contributed by atoms with van der Waals surface area (Å²) in [6.07, 6.45) is -2.14. The zero-order valence-electron chi connectivity index (χ0n) is 19.4. The molecule has 5 atom stereocenters. The summed E-state index contributed by atoms with van der Waals surface area (Å²) in [5.41, 5.74) is 1.14. The van der Waals surface area contributed by atoms with E-state index in [0.29, 0.717) is 34.8 Å². The molecule has 0 saturated carbocycles. The second-order valence-electron chi connectivity index (χ2n) is 9.20. The summed E-state index contributed by atoms with van der Waals surface area (Å²) in [6, 6.07) is 3.96. The standard InChI is InChI=1S/C24H23ClF2N4O6/c25-12-7-16-22(31-24(30-16)37-19-9-35-20-17(32)8-34-21(19)20)29-15(12)2-1-11-13(26)5-10(6-14(11)27)36-18-3-4-28-23(18)33/h5-7,17-21,32H,1-4,8-9H2,(H,28,33)(H,29,30,31)/t17-,18?,19-,20-,21-/m1/s1. The molecule has 3 aromatic rings. The number of halogens is 3. The van der Waals surface area contributed by atoms with Gasteiger partial charge in [-0.1, -0.05) is 11.6 Å². The number of aliphatic hydroxyl groups excluding tert-OH is 1. The van der Waals surface area contributed by atoms with Crippen molar-refractivity contribution >= 4 is 28.7 Å². The Balaban J connectivity index is 1.14. The second kappa shape index (κ2) is 9.67. The molecule has 13 heteroatoms. The summed E-state index contributed by atoms with van der Waals surface area (Å²) in [5.74, 6) is -1.91. The van der Waals surface area contributed by atoms with Crippen LogP contribution in [-0.4, -0.2) is 76.2 Å². The van der Waals surface area contributed by atoms with E-state index in [0.717, 1.165) is 12.1 Å². The Hall–Kier alpha value is -3.06. The van der Waals surface area contributed by atoms with Crippen LogP contribution in [0.1, 0.15) is 17.7 Å². The van der Waals surface area contributed by atoms with Crippen LogP contribution in [0.2, 0.25) is 5.02 Å². The van der Waals surface area contributed by atoms with Crippen molar-refractivity contribution in [2.45, 2.75) is 49.8 Å². The number of nitrogens with zero attached hydrogens (tertiary/aromatic N) is 2. The van der Waals surface area contributed by atoms with Gasteiger partial charge >= 0.3 is 0 Å². The fourth-order valence-corrected chi connectivity index (χ4v) is 5.08. The number of rotatable bonds is 7. The molecule has 5 heterocycles. The molecule has 1 aromatic carbocycles. The first-order valence-electron chi connectivity index (χ1n) is 11.9. The van der Waals surface area contributed by atoms with Gasteiger partial charge < -0.3 is 34.4 Å². The number of carbonyl (C=O) groups is 1. The summed E-state index contributed by atoms with van der Waals surface area (Å²) >= 11 is 6.39. The van der Waals surface area contributed by atoms with Crippen LogP contribution >= 0.6 is 11.6 Å². The Morgan fingerprint density at radius 1 is 1.08 bits per heavy atom. The largest absolute Gasteiger partial charge is 0.480 e. The number of pyridine rings is 1. The molecule has 3 saturated heterocycles. The molecule has 10 nitrogen and oxygen atoms in total. The molecule has 37 heavy (non-hydrogen) atoms. The molecular formula is C24H23ClF2N4O6. The summed E-state index contributed by atoms with van der Waals surface area (Å²) in [4.78, 5) is 23.5. The number of hydrogen-bond acceptors (Lipinski definition) is 8. The average Bonchev–Trinajstić information content (AvgIpc) is 3.62. The fourth-order valence-electron chi connectivity index (χ4n) is 4.83. The molecule has 6 rings (SSSR count). The summed E-state index contributed by atoms with van der Waals surface area (Å²) in [7, 11) is 0. The van der Waals surface area contributed by atoms with E-state index in [-0.39, 0.29) is 49.3 Å². The van der Waals surface area contributed by atoms with Crippen molar-refractivity contribution in [3.63, 3.8) is 0 Å². The molecule has 3 aliphatic heterocycles. The molecular weight excluding hydrogens is 514 g/mol. The number of ether oxygens (including phenoxy) is 4. The Labute approximate surface area is 214 Å². The maximum atomic E-state index is 14.7. The lowest BCUT2D eigenvalue weighted by Gasteiger charge is -2.15. The molecule has 1 amide bonds. The van der Waals surface area contributed by atoms with Crippen LogP contribution in [0.3, 0.4) is 0 Å². The lowest BCUT2D eigenvalue weighted by molar-refractivity contribution is -0.124. The smallest absolute Gasteiger partial charge is 0.296 e.